The molecule has 0 saturated carbocycles. The average molecular weight is 323 g/mol. The maximum Gasteiger partial charge on any atom is 0.269 e. The van der Waals surface area contributed by atoms with Gasteiger partial charge in [-0.1, -0.05) is 18.2 Å². The molecule has 0 aliphatic carbocycles. The number of aromatic nitrogens is 1. The fourth-order valence-corrected chi connectivity index (χ4v) is 3.39. The third-order valence-electron chi connectivity index (χ3n) is 4.69. The molecule has 5 nitrogen and oxygen atoms in total. The van der Waals surface area contributed by atoms with Crippen LogP contribution in [0.25, 0.3) is 0 Å². The third kappa shape index (κ3) is 2.99. The molecule has 1 saturated heterocycles. The first-order valence-electron chi connectivity index (χ1n) is 8.52. The molecule has 2 aliphatic rings. The van der Waals surface area contributed by atoms with Crippen LogP contribution >= 0.6 is 0 Å². The Labute approximate surface area is 141 Å². The minimum Gasteiger partial charge on any atom is -0.376 e. The second-order valence-corrected chi connectivity index (χ2v) is 6.28. The molecule has 1 aromatic carbocycles. The largest absolute Gasteiger partial charge is 0.376 e. The van der Waals surface area contributed by atoms with Crippen LogP contribution in [0.5, 0.6) is 0 Å². The first kappa shape index (κ1) is 15.1. The van der Waals surface area contributed by atoms with E-state index in [1.54, 1.807) is 12.3 Å². The predicted octanol–water partition coefficient (Wildman–Crippen LogP) is 2.68. The number of para-hydroxylation sites is 1. The van der Waals surface area contributed by atoms with Crippen LogP contribution in [0.4, 0.5) is 11.4 Å². The summed E-state index contributed by atoms with van der Waals surface area (Å²) in [7, 11) is 0. The smallest absolute Gasteiger partial charge is 0.269 e. The van der Waals surface area contributed by atoms with E-state index in [9.17, 15) is 4.79 Å². The van der Waals surface area contributed by atoms with Crippen molar-refractivity contribution in [1.82, 2.24) is 10.3 Å². The standard InChI is InChI=1S/C19H21N3O2/c23-19(21-13-16-5-3-11-24-16)17-8-7-15(12-20-17)22-10-9-14-4-1-2-6-18(14)22/h1-2,4,6-8,12,16H,3,5,9-11,13H2,(H,21,23). The van der Waals surface area contributed by atoms with Crippen LogP contribution in [-0.2, 0) is 11.2 Å². The Hall–Kier alpha value is -2.40. The molecule has 1 N–H and O–H groups in total. The number of carbonyl (C=O) groups excluding carboxylic acids is 1. The molecular formula is C19H21N3O2. The van der Waals surface area contributed by atoms with E-state index in [0.29, 0.717) is 12.2 Å². The minimum absolute atomic E-state index is 0.140. The van der Waals surface area contributed by atoms with Crippen LogP contribution in [0.2, 0.25) is 0 Å². The highest BCUT2D eigenvalue weighted by Gasteiger charge is 2.21. The SMILES string of the molecule is O=C(NCC1CCCO1)c1ccc(N2CCc3ccccc32)cn1. The van der Waals surface area contributed by atoms with Gasteiger partial charge in [-0.15, -0.1) is 0 Å². The second-order valence-electron chi connectivity index (χ2n) is 6.28. The number of pyridine rings is 1. The summed E-state index contributed by atoms with van der Waals surface area (Å²) in [5.74, 6) is -0.140. The summed E-state index contributed by atoms with van der Waals surface area (Å²) >= 11 is 0. The lowest BCUT2D eigenvalue weighted by atomic mass is 10.2. The Kier molecular flexibility index (Phi) is 4.17. The van der Waals surface area contributed by atoms with Crippen molar-refractivity contribution >= 4 is 17.3 Å². The van der Waals surface area contributed by atoms with Gasteiger partial charge in [0.15, 0.2) is 0 Å². The highest BCUT2D eigenvalue weighted by molar-refractivity contribution is 5.92. The topological polar surface area (TPSA) is 54.5 Å². The van der Waals surface area contributed by atoms with Gasteiger partial charge >= 0.3 is 0 Å². The molecule has 1 amide bonds. The lowest BCUT2D eigenvalue weighted by Crippen LogP contribution is -2.32. The van der Waals surface area contributed by atoms with Gasteiger partial charge in [-0.2, -0.15) is 0 Å². The zero-order valence-electron chi connectivity index (χ0n) is 13.6. The van der Waals surface area contributed by atoms with Crippen molar-refractivity contribution in [2.24, 2.45) is 0 Å². The molecule has 0 spiro atoms. The maximum atomic E-state index is 12.2. The van der Waals surface area contributed by atoms with E-state index in [2.05, 4.69) is 39.5 Å². The average Bonchev–Trinajstić information content (AvgIpc) is 3.29. The van der Waals surface area contributed by atoms with Gasteiger partial charge in [-0.25, -0.2) is 4.98 Å². The van der Waals surface area contributed by atoms with E-state index < -0.39 is 0 Å². The van der Waals surface area contributed by atoms with Crippen molar-refractivity contribution in [2.45, 2.75) is 25.4 Å². The first-order chi connectivity index (χ1) is 11.8. The summed E-state index contributed by atoms with van der Waals surface area (Å²) < 4.78 is 5.52. The van der Waals surface area contributed by atoms with Gasteiger partial charge < -0.3 is 15.0 Å². The number of nitrogens with zero attached hydrogens (tertiary/aromatic N) is 2. The maximum absolute atomic E-state index is 12.2. The predicted molar refractivity (Wildman–Crippen MR) is 92.7 cm³/mol. The number of hydrogen-bond acceptors (Lipinski definition) is 4. The van der Waals surface area contributed by atoms with Gasteiger partial charge in [0.25, 0.3) is 5.91 Å². The zero-order valence-corrected chi connectivity index (χ0v) is 13.6. The van der Waals surface area contributed by atoms with E-state index in [-0.39, 0.29) is 12.0 Å². The molecule has 0 radical (unpaired) electrons. The fourth-order valence-electron chi connectivity index (χ4n) is 3.39. The van der Waals surface area contributed by atoms with E-state index in [1.807, 2.05) is 6.07 Å². The highest BCUT2D eigenvalue weighted by atomic mass is 16.5. The van der Waals surface area contributed by atoms with Crippen molar-refractivity contribution in [3.63, 3.8) is 0 Å². The number of amides is 1. The lowest BCUT2D eigenvalue weighted by Gasteiger charge is -2.19. The minimum atomic E-state index is -0.140. The number of nitrogens with one attached hydrogen (secondary N) is 1. The molecule has 5 heteroatoms. The molecule has 3 heterocycles. The third-order valence-corrected chi connectivity index (χ3v) is 4.69. The Morgan fingerprint density at radius 1 is 1.29 bits per heavy atom. The summed E-state index contributed by atoms with van der Waals surface area (Å²) in [6.07, 6.45) is 5.06. The van der Waals surface area contributed by atoms with Crippen LogP contribution in [0.3, 0.4) is 0 Å². The summed E-state index contributed by atoms with van der Waals surface area (Å²) in [5.41, 5.74) is 4.06. The van der Waals surface area contributed by atoms with E-state index in [0.717, 1.165) is 38.1 Å². The van der Waals surface area contributed by atoms with Crippen molar-refractivity contribution in [2.75, 3.05) is 24.6 Å². The molecule has 2 aliphatic heterocycles. The van der Waals surface area contributed by atoms with Crippen molar-refractivity contribution < 1.29 is 9.53 Å². The second kappa shape index (κ2) is 6.61. The van der Waals surface area contributed by atoms with Crippen LogP contribution in [0.1, 0.15) is 28.9 Å². The van der Waals surface area contributed by atoms with Crippen molar-refractivity contribution in [1.29, 1.82) is 0 Å². The molecule has 4 rings (SSSR count). The van der Waals surface area contributed by atoms with Gasteiger partial charge in [0, 0.05) is 25.4 Å². The molecule has 2 aromatic rings. The summed E-state index contributed by atoms with van der Waals surface area (Å²) in [6, 6.07) is 12.2. The number of rotatable bonds is 4. The molecule has 0 bridgehead atoms. The van der Waals surface area contributed by atoms with Crippen molar-refractivity contribution in [3.05, 3.63) is 53.9 Å². The molecule has 1 atom stereocenters. The number of benzene rings is 1. The highest BCUT2D eigenvalue weighted by Crippen LogP contribution is 2.33. The number of anilines is 2. The quantitative estimate of drug-likeness (QED) is 0.940. The van der Waals surface area contributed by atoms with Gasteiger partial charge in [0.1, 0.15) is 5.69 Å². The van der Waals surface area contributed by atoms with Gasteiger partial charge in [-0.05, 0) is 43.0 Å². The molecular weight excluding hydrogens is 302 g/mol. The number of fused-ring (bicyclic) bond motifs is 1. The van der Waals surface area contributed by atoms with E-state index in [4.69, 9.17) is 4.74 Å². The summed E-state index contributed by atoms with van der Waals surface area (Å²) in [5, 5.41) is 2.91. The molecule has 124 valence electrons. The normalized spacial score (nSPS) is 19.3. The fraction of sp³-hybridized carbons (Fsp3) is 0.368. The Balaban J connectivity index is 1.42. The number of hydrogen-bond donors (Lipinski definition) is 1. The van der Waals surface area contributed by atoms with Gasteiger partial charge in [0.2, 0.25) is 0 Å². The Morgan fingerprint density at radius 2 is 2.21 bits per heavy atom. The van der Waals surface area contributed by atoms with Gasteiger partial charge in [-0.3, -0.25) is 4.79 Å². The molecule has 1 fully saturated rings. The van der Waals surface area contributed by atoms with E-state index >= 15 is 0 Å². The molecule has 1 unspecified atom stereocenters. The van der Waals surface area contributed by atoms with Crippen LogP contribution < -0.4 is 10.2 Å². The van der Waals surface area contributed by atoms with Crippen LogP contribution in [-0.4, -0.2) is 36.7 Å². The number of carbonyl (C=O) groups is 1. The van der Waals surface area contributed by atoms with Crippen LogP contribution in [0.15, 0.2) is 42.6 Å². The lowest BCUT2D eigenvalue weighted by molar-refractivity contribution is 0.0854. The summed E-state index contributed by atoms with van der Waals surface area (Å²) in [6.45, 7) is 2.30. The number of ether oxygens (including phenoxy) is 1. The summed E-state index contributed by atoms with van der Waals surface area (Å²) in [4.78, 5) is 18.8. The Morgan fingerprint density at radius 3 is 3.00 bits per heavy atom. The van der Waals surface area contributed by atoms with E-state index in [1.165, 1.54) is 11.3 Å². The zero-order chi connectivity index (χ0) is 16.4. The van der Waals surface area contributed by atoms with Crippen LogP contribution in [0, 0.1) is 0 Å². The van der Waals surface area contributed by atoms with Crippen molar-refractivity contribution in [3.8, 4) is 0 Å². The first-order valence-corrected chi connectivity index (χ1v) is 8.52. The molecule has 24 heavy (non-hydrogen) atoms. The molecule has 1 aromatic heterocycles. The van der Waals surface area contributed by atoms with Gasteiger partial charge in [0.05, 0.1) is 18.0 Å². The Bertz CT molecular complexity index is 724. The monoisotopic (exact) mass is 323 g/mol.